The molecule has 1 N–H and O–H groups in total. The summed E-state index contributed by atoms with van der Waals surface area (Å²) in [5.74, 6) is 0. The first-order valence-corrected chi connectivity index (χ1v) is 5.76. The quantitative estimate of drug-likeness (QED) is 0.834. The highest BCUT2D eigenvalue weighted by molar-refractivity contribution is 14.1. The Morgan fingerprint density at radius 1 is 1.31 bits per heavy atom. The van der Waals surface area contributed by atoms with Gasteiger partial charge in [0.1, 0.15) is 0 Å². The molecule has 88 valence electrons. The number of rotatable bonds is 2. The minimum atomic E-state index is -4.28. The molecular formula is C10H9F3INO. The second-order valence-corrected chi connectivity index (χ2v) is 4.73. The van der Waals surface area contributed by atoms with Crippen molar-refractivity contribution in [2.75, 3.05) is 18.5 Å². The van der Waals surface area contributed by atoms with Gasteiger partial charge in [0.05, 0.1) is 24.8 Å². The van der Waals surface area contributed by atoms with Crippen molar-refractivity contribution >= 4 is 28.3 Å². The van der Waals surface area contributed by atoms with Crippen molar-refractivity contribution in [3.63, 3.8) is 0 Å². The van der Waals surface area contributed by atoms with Crippen molar-refractivity contribution in [3.05, 3.63) is 27.3 Å². The summed E-state index contributed by atoms with van der Waals surface area (Å²) in [5, 5.41) is 3.13. The lowest BCUT2D eigenvalue weighted by molar-refractivity contribution is -0.137. The second-order valence-electron chi connectivity index (χ2n) is 3.57. The Balaban J connectivity index is 2.15. The van der Waals surface area contributed by atoms with Gasteiger partial charge in [0, 0.05) is 9.26 Å². The van der Waals surface area contributed by atoms with Crippen LogP contribution in [0.15, 0.2) is 18.2 Å². The average molecular weight is 343 g/mol. The molecule has 1 aromatic rings. The largest absolute Gasteiger partial charge is 0.416 e. The molecule has 1 aliphatic heterocycles. The van der Waals surface area contributed by atoms with Crippen LogP contribution in [0.25, 0.3) is 0 Å². The van der Waals surface area contributed by atoms with E-state index in [0.717, 1.165) is 17.8 Å². The molecule has 16 heavy (non-hydrogen) atoms. The van der Waals surface area contributed by atoms with Crippen LogP contribution in [0.4, 0.5) is 18.9 Å². The summed E-state index contributed by atoms with van der Waals surface area (Å²) in [7, 11) is 0. The van der Waals surface area contributed by atoms with Crippen molar-refractivity contribution in [2.24, 2.45) is 0 Å². The normalized spacial score (nSPS) is 17.0. The molecular weight excluding hydrogens is 334 g/mol. The summed E-state index contributed by atoms with van der Waals surface area (Å²) in [5.41, 5.74) is 0.106. The highest BCUT2D eigenvalue weighted by Gasteiger charge is 2.31. The highest BCUT2D eigenvalue weighted by atomic mass is 127. The molecule has 2 rings (SSSR count). The van der Waals surface area contributed by atoms with Crippen molar-refractivity contribution in [1.82, 2.24) is 0 Å². The third-order valence-corrected chi connectivity index (χ3v) is 3.19. The summed E-state index contributed by atoms with van der Waals surface area (Å²) in [4.78, 5) is 0. The van der Waals surface area contributed by atoms with Crippen LogP contribution in [0.1, 0.15) is 5.56 Å². The minimum absolute atomic E-state index is 0.213. The van der Waals surface area contributed by atoms with Crippen LogP contribution in [-0.4, -0.2) is 19.3 Å². The number of anilines is 1. The Morgan fingerprint density at radius 2 is 2.00 bits per heavy atom. The molecule has 1 aliphatic rings. The maximum atomic E-state index is 12.4. The summed E-state index contributed by atoms with van der Waals surface area (Å²) in [6.07, 6.45) is -4.28. The maximum absolute atomic E-state index is 12.4. The molecule has 0 atom stereocenters. The van der Waals surface area contributed by atoms with E-state index in [9.17, 15) is 13.2 Å². The van der Waals surface area contributed by atoms with E-state index in [-0.39, 0.29) is 6.04 Å². The SMILES string of the molecule is FC(F)(F)c1ccc(NC2COC2)c(I)c1. The Kier molecular flexibility index (Phi) is 3.29. The summed E-state index contributed by atoms with van der Waals surface area (Å²) < 4.78 is 42.7. The van der Waals surface area contributed by atoms with Gasteiger partial charge in [0.25, 0.3) is 0 Å². The van der Waals surface area contributed by atoms with Gasteiger partial charge in [-0.05, 0) is 40.8 Å². The van der Waals surface area contributed by atoms with E-state index in [1.807, 2.05) is 22.6 Å². The lowest BCUT2D eigenvalue weighted by Crippen LogP contribution is -2.40. The number of benzene rings is 1. The first-order chi connectivity index (χ1) is 7.47. The zero-order valence-corrected chi connectivity index (χ0v) is 10.3. The maximum Gasteiger partial charge on any atom is 0.416 e. The fourth-order valence-corrected chi connectivity index (χ4v) is 2.02. The topological polar surface area (TPSA) is 21.3 Å². The second kappa shape index (κ2) is 4.40. The van der Waals surface area contributed by atoms with Crippen LogP contribution in [0.5, 0.6) is 0 Å². The number of nitrogens with one attached hydrogen (secondary N) is 1. The third kappa shape index (κ3) is 2.60. The molecule has 1 heterocycles. The Bertz CT molecular complexity index is 390. The van der Waals surface area contributed by atoms with E-state index in [1.54, 1.807) is 0 Å². The molecule has 0 amide bonds. The van der Waals surface area contributed by atoms with Gasteiger partial charge in [-0.25, -0.2) is 0 Å². The van der Waals surface area contributed by atoms with Crippen molar-refractivity contribution < 1.29 is 17.9 Å². The van der Waals surface area contributed by atoms with Crippen LogP contribution in [0, 0.1) is 3.57 Å². The standard InChI is InChI=1S/C10H9F3INO/c11-10(12,13)6-1-2-9(8(14)3-6)15-7-4-16-5-7/h1-3,7,15H,4-5H2. The number of hydrogen-bond acceptors (Lipinski definition) is 2. The van der Waals surface area contributed by atoms with Crippen LogP contribution in [0.3, 0.4) is 0 Å². The molecule has 0 spiro atoms. The first-order valence-electron chi connectivity index (χ1n) is 4.68. The zero-order valence-electron chi connectivity index (χ0n) is 8.14. The Morgan fingerprint density at radius 3 is 2.44 bits per heavy atom. The summed E-state index contributed by atoms with van der Waals surface area (Å²) in [6.45, 7) is 1.22. The minimum Gasteiger partial charge on any atom is -0.377 e. The lowest BCUT2D eigenvalue weighted by atomic mass is 10.2. The molecule has 0 bridgehead atoms. The van der Waals surface area contributed by atoms with E-state index < -0.39 is 11.7 Å². The zero-order chi connectivity index (χ0) is 11.8. The smallest absolute Gasteiger partial charge is 0.377 e. The molecule has 2 nitrogen and oxygen atoms in total. The van der Waals surface area contributed by atoms with E-state index in [2.05, 4.69) is 5.32 Å². The van der Waals surface area contributed by atoms with Gasteiger partial charge in [-0.1, -0.05) is 0 Å². The van der Waals surface area contributed by atoms with E-state index in [0.29, 0.717) is 16.8 Å². The fraction of sp³-hybridized carbons (Fsp3) is 0.400. The van der Waals surface area contributed by atoms with Gasteiger partial charge in [-0.3, -0.25) is 0 Å². The molecule has 1 aromatic carbocycles. The number of halogens is 4. The molecule has 0 radical (unpaired) electrons. The van der Waals surface area contributed by atoms with Crippen LogP contribution >= 0.6 is 22.6 Å². The number of hydrogen-bond donors (Lipinski definition) is 1. The summed E-state index contributed by atoms with van der Waals surface area (Å²) in [6, 6.07) is 3.90. The lowest BCUT2D eigenvalue weighted by Gasteiger charge is -2.28. The van der Waals surface area contributed by atoms with Gasteiger partial charge in [-0.2, -0.15) is 13.2 Å². The molecule has 6 heteroatoms. The highest BCUT2D eigenvalue weighted by Crippen LogP contribution is 2.32. The molecule has 0 aromatic heterocycles. The fourth-order valence-electron chi connectivity index (χ4n) is 1.35. The average Bonchev–Trinajstić information content (AvgIpc) is 2.11. The number of alkyl halides is 3. The van der Waals surface area contributed by atoms with Gasteiger partial charge >= 0.3 is 6.18 Å². The van der Waals surface area contributed by atoms with Crippen molar-refractivity contribution in [1.29, 1.82) is 0 Å². The summed E-state index contributed by atoms with van der Waals surface area (Å²) >= 11 is 1.90. The van der Waals surface area contributed by atoms with E-state index in [1.165, 1.54) is 6.07 Å². The molecule has 0 unspecified atom stereocenters. The molecule has 0 aliphatic carbocycles. The molecule has 0 saturated carbocycles. The third-order valence-electron chi connectivity index (χ3n) is 2.29. The predicted octanol–water partition coefficient (Wildman–Crippen LogP) is 3.12. The molecule has 1 fully saturated rings. The van der Waals surface area contributed by atoms with Gasteiger partial charge in [-0.15, -0.1) is 0 Å². The predicted molar refractivity (Wildman–Crippen MR) is 62.4 cm³/mol. The first kappa shape index (κ1) is 12.0. The van der Waals surface area contributed by atoms with E-state index >= 15 is 0 Å². The van der Waals surface area contributed by atoms with Crippen LogP contribution in [0.2, 0.25) is 0 Å². The van der Waals surface area contributed by atoms with Crippen LogP contribution < -0.4 is 5.32 Å². The van der Waals surface area contributed by atoms with Crippen molar-refractivity contribution in [3.8, 4) is 0 Å². The van der Waals surface area contributed by atoms with Gasteiger partial charge in [0.2, 0.25) is 0 Å². The van der Waals surface area contributed by atoms with Crippen molar-refractivity contribution in [2.45, 2.75) is 12.2 Å². The van der Waals surface area contributed by atoms with Gasteiger partial charge in [0.15, 0.2) is 0 Å². The van der Waals surface area contributed by atoms with Gasteiger partial charge < -0.3 is 10.1 Å². The van der Waals surface area contributed by atoms with E-state index in [4.69, 9.17) is 4.74 Å². The Labute approximate surface area is 104 Å². The number of ether oxygens (including phenoxy) is 1. The Hall–Kier alpha value is -0.500. The van der Waals surface area contributed by atoms with Crippen LogP contribution in [-0.2, 0) is 10.9 Å². The monoisotopic (exact) mass is 343 g/mol. The molecule has 1 saturated heterocycles.